The Morgan fingerprint density at radius 1 is 0.958 bits per heavy atom. The van der Waals surface area contributed by atoms with Crippen molar-refractivity contribution < 1.29 is 23.3 Å². The third kappa shape index (κ3) is 5.25. The first-order valence-electron chi connectivity index (χ1n) is 9.55. The minimum absolute atomic E-state index is 0.00796. The summed E-state index contributed by atoms with van der Waals surface area (Å²) in [6.45, 7) is 5.29. The van der Waals surface area contributed by atoms with Crippen molar-refractivity contribution in [1.82, 2.24) is 0 Å². The van der Waals surface area contributed by atoms with Crippen LogP contribution >= 0.6 is 0 Å². The highest BCUT2D eigenvalue weighted by Gasteiger charge is 2.31. The van der Waals surface area contributed by atoms with Crippen LogP contribution in [-0.2, 0) is 18.9 Å². The first kappa shape index (κ1) is 18.3. The molecule has 4 nitrogen and oxygen atoms in total. The highest BCUT2D eigenvalue weighted by Crippen LogP contribution is 2.31. The predicted molar refractivity (Wildman–Crippen MR) is 89.0 cm³/mol. The van der Waals surface area contributed by atoms with E-state index in [0.717, 1.165) is 52.1 Å². The molecule has 0 spiro atoms. The van der Waals surface area contributed by atoms with Crippen molar-refractivity contribution in [2.75, 3.05) is 26.4 Å². The molecule has 0 bridgehead atoms. The molecule has 0 saturated carbocycles. The van der Waals surface area contributed by atoms with Crippen LogP contribution in [0, 0.1) is 17.8 Å². The molecular weight excluding hydrogens is 311 g/mol. The van der Waals surface area contributed by atoms with E-state index < -0.39 is 0 Å². The lowest BCUT2D eigenvalue weighted by Crippen LogP contribution is -2.38. The molecule has 0 aromatic heterocycles. The van der Waals surface area contributed by atoms with Crippen LogP contribution in [-0.4, -0.2) is 39.0 Å². The molecule has 2 saturated heterocycles. The van der Waals surface area contributed by atoms with Crippen LogP contribution in [0.2, 0.25) is 0 Å². The molecule has 2 aliphatic heterocycles. The Kier molecular flexibility index (Phi) is 7.07. The molecule has 0 radical (unpaired) electrons. The van der Waals surface area contributed by atoms with E-state index in [9.17, 15) is 4.39 Å². The van der Waals surface area contributed by atoms with Crippen molar-refractivity contribution in [2.24, 2.45) is 17.8 Å². The van der Waals surface area contributed by atoms with Crippen LogP contribution in [0.5, 0.6) is 0 Å². The number of rotatable bonds is 6. The Labute approximate surface area is 144 Å². The van der Waals surface area contributed by atoms with Crippen LogP contribution < -0.4 is 0 Å². The second-order valence-electron chi connectivity index (χ2n) is 7.41. The van der Waals surface area contributed by atoms with E-state index in [2.05, 4.69) is 6.92 Å². The van der Waals surface area contributed by atoms with Crippen LogP contribution in [0.15, 0.2) is 11.9 Å². The summed E-state index contributed by atoms with van der Waals surface area (Å²) in [6, 6.07) is 0. The molecule has 2 heterocycles. The van der Waals surface area contributed by atoms with E-state index in [4.69, 9.17) is 18.9 Å². The van der Waals surface area contributed by atoms with Crippen molar-refractivity contribution in [2.45, 2.75) is 64.4 Å². The molecule has 3 rings (SSSR count). The van der Waals surface area contributed by atoms with Gasteiger partial charge in [-0.3, -0.25) is 0 Å². The lowest BCUT2D eigenvalue weighted by atomic mass is 9.92. The van der Waals surface area contributed by atoms with Gasteiger partial charge in [0.25, 0.3) is 0 Å². The normalized spacial score (nSPS) is 37.9. The molecule has 0 amide bonds. The SMILES string of the molecule is CCC[C@H]1CO[C@H](CC[C@H]2CO[C@H](C3CC=C(F)CC3)OC2)OC1. The number of ether oxygens (including phenoxy) is 4. The van der Waals surface area contributed by atoms with E-state index >= 15 is 0 Å². The van der Waals surface area contributed by atoms with E-state index in [0.29, 0.717) is 24.2 Å². The van der Waals surface area contributed by atoms with Crippen molar-refractivity contribution in [3.63, 3.8) is 0 Å². The summed E-state index contributed by atoms with van der Waals surface area (Å²) in [5.74, 6) is 1.26. The van der Waals surface area contributed by atoms with Gasteiger partial charge in [0.2, 0.25) is 0 Å². The number of allylic oxidation sites excluding steroid dienone is 2. The lowest BCUT2D eigenvalue weighted by Gasteiger charge is -2.35. The maximum Gasteiger partial charge on any atom is 0.160 e. The summed E-state index contributed by atoms with van der Waals surface area (Å²) >= 11 is 0. The van der Waals surface area contributed by atoms with Crippen molar-refractivity contribution in [3.05, 3.63) is 11.9 Å². The van der Waals surface area contributed by atoms with Gasteiger partial charge < -0.3 is 18.9 Å². The van der Waals surface area contributed by atoms with Gasteiger partial charge in [0.15, 0.2) is 12.6 Å². The fourth-order valence-electron chi connectivity index (χ4n) is 3.76. The molecule has 1 unspecified atom stereocenters. The van der Waals surface area contributed by atoms with Gasteiger partial charge in [-0.1, -0.05) is 19.4 Å². The van der Waals surface area contributed by atoms with E-state index in [1.807, 2.05) is 0 Å². The summed E-state index contributed by atoms with van der Waals surface area (Å²) in [4.78, 5) is 0. The van der Waals surface area contributed by atoms with Gasteiger partial charge in [-0.05, 0) is 38.5 Å². The molecule has 1 aliphatic carbocycles. The topological polar surface area (TPSA) is 36.9 Å². The highest BCUT2D eigenvalue weighted by atomic mass is 19.1. The molecular formula is C19H31FO4. The Bertz CT molecular complexity index is 398. The smallest absolute Gasteiger partial charge is 0.160 e. The van der Waals surface area contributed by atoms with Gasteiger partial charge in [0.1, 0.15) is 0 Å². The standard InChI is InChI=1S/C19H31FO4/c1-2-3-14-10-21-18(22-11-14)9-4-15-12-23-19(24-13-15)16-5-7-17(20)8-6-16/h7,14-16,18-19H,2-6,8-13H2,1H3/t14-,15-,16?,18-,19-. The average Bonchev–Trinajstić information content (AvgIpc) is 2.63. The van der Waals surface area contributed by atoms with Gasteiger partial charge in [0.05, 0.1) is 32.3 Å². The van der Waals surface area contributed by atoms with Gasteiger partial charge in [0, 0.05) is 17.8 Å². The summed E-state index contributed by atoms with van der Waals surface area (Å²) in [5.41, 5.74) is 0. The number of halogens is 1. The first-order chi connectivity index (χ1) is 11.7. The zero-order valence-electron chi connectivity index (χ0n) is 14.8. The summed E-state index contributed by atoms with van der Waals surface area (Å²) in [6.07, 6.45) is 7.77. The molecule has 3 aliphatic rings. The fourth-order valence-corrected chi connectivity index (χ4v) is 3.76. The molecule has 0 aromatic rings. The van der Waals surface area contributed by atoms with Gasteiger partial charge in [-0.15, -0.1) is 0 Å². The second-order valence-corrected chi connectivity index (χ2v) is 7.41. The minimum Gasteiger partial charge on any atom is -0.352 e. The van der Waals surface area contributed by atoms with Crippen LogP contribution in [0.4, 0.5) is 4.39 Å². The summed E-state index contributed by atoms with van der Waals surface area (Å²) in [7, 11) is 0. The molecule has 2 fully saturated rings. The Balaban J connectivity index is 1.30. The van der Waals surface area contributed by atoms with Crippen LogP contribution in [0.25, 0.3) is 0 Å². The first-order valence-corrected chi connectivity index (χ1v) is 9.55. The number of hydrogen-bond donors (Lipinski definition) is 0. The third-order valence-electron chi connectivity index (χ3n) is 5.32. The largest absolute Gasteiger partial charge is 0.352 e. The molecule has 5 heteroatoms. The van der Waals surface area contributed by atoms with Crippen LogP contribution in [0.3, 0.4) is 0 Å². The summed E-state index contributed by atoms with van der Waals surface area (Å²) < 4.78 is 36.5. The Morgan fingerprint density at radius 2 is 1.62 bits per heavy atom. The Hall–Kier alpha value is -0.490. The minimum atomic E-state index is -0.164. The van der Waals surface area contributed by atoms with Gasteiger partial charge in [-0.25, -0.2) is 4.39 Å². The Morgan fingerprint density at radius 3 is 2.25 bits per heavy atom. The van der Waals surface area contributed by atoms with Gasteiger partial charge in [-0.2, -0.15) is 0 Å². The second kappa shape index (κ2) is 9.27. The molecule has 0 aromatic carbocycles. The van der Waals surface area contributed by atoms with E-state index in [-0.39, 0.29) is 18.4 Å². The van der Waals surface area contributed by atoms with Crippen molar-refractivity contribution >= 4 is 0 Å². The maximum atomic E-state index is 13.1. The van der Waals surface area contributed by atoms with E-state index in [1.54, 1.807) is 6.08 Å². The average molecular weight is 342 g/mol. The van der Waals surface area contributed by atoms with E-state index in [1.165, 1.54) is 12.8 Å². The van der Waals surface area contributed by atoms with Crippen molar-refractivity contribution in [1.29, 1.82) is 0 Å². The highest BCUT2D eigenvalue weighted by molar-refractivity contribution is 4.98. The lowest BCUT2D eigenvalue weighted by molar-refractivity contribution is -0.233. The molecule has 0 N–H and O–H groups in total. The van der Waals surface area contributed by atoms with Gasteiger partial charge >= 0.3 is 0 Å². The zero-order valence-corrected chi connectivity index (χ0v) is 14.8. The zero-order chi connectivity index (χ0) is 16.8. The van der Waals surface area contributed by atoms with Crippen molar-refractivity contribution in [3.8, 4) is 0 Å². The molecule has 138 valence electrons. The number of hydrogen-bond acceptors (Lipinski definition) is 4. The maximum absolute atomic E-state index is 13.1. The quantitative estimate of drug-likeness (QED) is 0.725. The molecule has 24 heavy (non-hydrogen) atoms. The predicted octanol–water partition coefficient (Wildman–Crippen LogP) is 4.20. The third-order valence-corrected chi connectivity index (χ3v) is 5.32. The fraction of sp³-hybridized carbons (Fsp3) is 0.895. The molecule has 1 atom stereocenters. The van der Waals surface area contributed by atoms with Crippen LogP contribution in [0.1, 0.15) is 51.9 Å². The monoisotopic (exact) mass is 342 g/mol. The summed E-state index contributed by atoms with van der Waals surface area (Å²) in [5, 5.41) is 0.